The van der Waals surface area contributed by atoms with Crippen molar-refractivity contribution in [1.82, 2.24) is 16.0 Å². The molecule has 2 aromatic carbocycles. The van der Waals surface area contributed by atoms with Crippen molar-refractivity contribution < 1.29 is 27.6 Å². The highest BCUT2D eigenvalue weighted by molar-refractivity contribution is 5.98. The van der Waals surface area contributed by atoms with Gasteiger partial charge in [0.1, 0.15) is 5.54 Å². The average molecular weight is 507 g/mol. The van der Waals surface area contributed by atoms with Gasteiger partial charge in [0.15, 0.2) is 0 Å². The fraction of sp³-hybridized carbons (Fsp3) is 0.423. The summed E-state index contributed by atoms with van der Waals surface area (Å²) in [5, 5.41) is 8.17. The highest BCUT2D eigenvalue weighted by Crippen LogP contribution is 2.31. The molecule has 36 heavy (non-hydrogen) atoms. The predicted octanol–water partition coefficient (Wildman–Crippen LogP) is 3.17. The van der Waals surface area contributed by atoms with Crippen LogP contribution in [0.5, 0.6) is 0 Å². The van der Waals surface area contributed by atoms with Crippen molar-refractivity contribution in [1.29, 1.82) is 0 Å². The minimum atomic E-state index is -4.61. The van der Waals surface area contributed by atoms with E-state index in [1.165, 1.54) is 6.07 Å². The summed E-state index contributed by atoms with van der Waals surface area (Å²) in [6.45, 7) is 7.20. The van der Waals surface area contributed by atoms with Crippen LogP contribution >= 0.6 is 0 Å². The van der Waals surface area contributed by atoms with E-state index in [1.807, 2.05) is 31.2 Å². The van der Waals surface area contributed by atoms with Crippen LogP contribution in [0.15, 0.2) is 48.5 Å². The van der Waals surface area contributed by atoms with Gasteiger partial charge < -0.3 is 21.7 Å². The van der Waals surface area contributed by atoms with Gasteiger partial charge in [-0.1, -0.05) is 58.0 Å². The van der Waals surface area contributed by atoms with Crippen molar-refractivity contribution in [2.24, 2.45) is 11.1 Å². The molecule has 0 fully saturated rings. The third-order valence-corrected chi connectivity index (χ3v) is 6.12. The van der Waals surface area contributed by atoms with Crippen LogP contribution < -0.4 is 21.7 Å². The molecule has 0 aliphatic heterocycles. The first-order valence-corrected chi connectivity index (χ1v) is 11.5. The predicted molar refractivity (Wildman–Crippen MR) is 131 cm³/mol. The standard InChI is InChI=1S/C26H33F3N4O3/c1-5-17-9-6-7-10-19(17)14-31-16-25(23(30)36,24(2,3)4)33-21(34)15-32-22(35)18-11-8-12-20(13-18)26(27,28)29/h6-13,31H,5,14-16H2,1-4H3,(H2,30,36)(H,32,35)(H,33,34). The molecule has 0 radical (unpaired) electrons. The molecular weight excluding hydrogens is 473 g/mol. The molecule has 0 aromatic heterocycles. The maximum atomic E-state index is 12.9. The molecule has 0 heterocycles. The normalized spacial score (nSPS) is 13.5. The number of carbonyl (C=O) groups is 3. The maximum absolute atomic E-state index is 12.9. The number of nitrogens with one attached hydrogen (secondary N) is 3. The number of amides is 3. The number of nitrogens with two attached hydrogens (primary N) is 1. The number of benzene rings is 2. The molecule has 196 valence electrons. The van der Waals surface area contributed by atoms with Gasteiger partial charge in [-0.15, -0.1) is 0 Å². The van der Waals surface area contributed by atoms with Gasteiger partial charge in [-0.2, -0.15) is 13.2 Å². The quantitative estimate of drug-likeness (QED) is 0.396. The Morgan fingerprint density at radius 2 is 1.58 bits per heavy atom. The Bertz CT molecular complexity index is 1100. The highest BCUT2D eigenvalue weighted by Gasteiger charge is 2.48. The summed E-state index contributed by atoms with van der Waals surface area (Å²) < 4.78 is 38.8. The SMILES string of the molecule is CCc1ccccc1CNCC(NC(=O)CNC(=O)c1cccc(C(F)(F)F)c1)(C(N)=O)C(C)(C)C. The number of aryl methyl sites for hydroxylation is 1. The topological polar surface area (TPSA) is 113 Å². The highest BCUT2D eigenvalue weighted by atomic mass is 19.4. The smallest absolute Gasteiger partial charge is 0.368 e. The Kier molecular flexibility index (Phi) is 9.26. The lowest BCUT2D eigenvalue weighted by Crippen LogP contribution is -2.69. The van der Waals surface area contributed by atoms with E-state index < -0.39 is 47.0 Å². The number of alkyl halides is 3. The third kappa shape index (κ3) is 7.07. The average Bonchev–Trinajstić information content (AvgIpc) is 2.80. The molecule has 0 aliphatic rings. The number of hydrogen-bond donors (Lipinski definition) is 4. The van der Waals surface area contributed by atoms with Crippen molar-refractivity contribution in [2.45, 2.75) is 52.4 Å². The summed E-state index contributed by atoms with van der Waals surface area (Å²) in [4.78, 5) is 37.7. The molecule has 1 unspecified atom stereocenters. The van der Waals surface area contributed by atoms with Crippen molar-refractivity contribution >= 4 is 17.7 Å². The van der Waals surface area contributed by atoms with Crippen LogP contribution in [0.2, 0.25) is 0 Å². The number of carbonyl (C=O) groups excluding carboxylic acids is 3. The summed E-state index contributed by atoms with van der Waals surface area (Å²) in [5.41, 5.74) is 4.41. The lowest BCUT2D eigenvalue weighted by molar-refractivity contribution is -0.137. The molecule has 2 rings (SSSR count). The molecule has 0 spiro atoms. The van der Waals surface area contributed by atoms with E-state index in [4.69, 9.17) is 5.73 Å². The van der Waals surface area contributed by atoms with Gasteiger partial charge in [0.05, 0.1) is 12.1 Å². The van der Waals surface area contributed by atoms with Crippen molar-refractivity contribution in [3.8, 4) is 0 Å². The second-order valence-electron chi connectivity index (χ2n) is 9.55. The summed E-state index contributed by atoms with van der Waals surface area (Å²) in [5.74, 6) is -2.32. The van der Waals surface area contributed by atoms with E-state index >= 15 is 0 Å². The van der Waals surface area contributed by atoms with E-state index in [1.54, 1.807) is 20.8 Å². The molecule has 7 nitrogen and oxygen atoms in total. The van der Waals surface area contributed by atoms with E-state index in [2.05, 4.69) is 16.0 Å². The van der Waals surface area contributed by atoms with E-state index in [0.717, 1.165) is 29.7 Å². The third-order valence-electron chi connectivity index (χ3n) is 6.12. The lowest BCUT2D eigenvalue weighted by atomic mass is 9.72. The number of halogens is 3. The summed E-state index contributed by atoms with van der Waals surface area (Å²) in [6.07, 6.45) is -3.77. The van der Waals surface area contributed by atoms with Gasteiger partial charge in [-0.05, 0) is 41.2 Å². The van der Waals surface area contributed by atoms with Crippen molar-refractivity contribution in [3.63, 3.8) is 0 Å². The zero-order valence-corrected chi connectivity index (χ0v) is 20.9. The Balaban J connectivity index is 2.11. The van der Waals surface area contributed by atoms with Crippen LogP contribution in [0.25, 0.3) is 0 Å². The Morgan fingerprint density at radius 3 is 2.14 bits per heavy atom. The molecule has 2 aromatic rings. The van der Waals surface area contributed by atoms with Gasteiger partial charge in [0.25, 0.3) is 5.91 Å². The summed E-state index contributed by atoms with van der Waals surface area (Å²) >= 11 is 0. The molecule has 0 aliphatic carbocycles. The number of rotatable bonds is 10. The molecule has 1 atom stereocenters. The van der Waals surface area contributed by atoms with Gasteiger partial charge in [-0.25, -0.2) is 0 Å². The van der Waals surface area contributed by atoms with E-state index in [-0.39, 0.29) is 12.1 Å². The Hall–Kier alpha value is -3.40. The van der Waals surface area contributed by atoms with Crippen LogP contribution in [0.4, 0.5) is 13.2 Å². The van der Waals surface area contributed by atoms with Gasteiger partial charge in [0, 0.05) is 18.7 Å². The molecule has 0 saturated heterocycles. The molecule has 5 N–H and O–H groups in total. The van der Waals surface area contributed by atoms with Crippen LogP contribution in [-0.2, 0) is 28.7 Å². The molecule has 10 heteroatoms. The Morgan fingerprint density at radius 1 is 0.944 bits per heavy atom. The van der Waals surface area contributed by atoms with Crippen LogP contribution in [0.1, 0.15) is 54.7 Å². The van der Waals surface area contributed by atoms with E-state index in [0.29, 0.717) is 12.6 Å². The summed E-state index contributed by atoms with van der Waals surface area (Å²) in [6, 6.07) is 11.7. The molecule has 3 amide bonds. The number of hydrogen-bond acceptors (Lipinski definition) is 4. The maximum Gasteiger partial charge on any atom is 0.416 e. The zero-order chi connectivity index (χ0) is 27.1. The van der Waals surface area contributed by atoms with Crippen LogP contribution in [0.3, 0.4) is 0 Å². The van der Waals surface area contributed by atoms with Gasteiger partial charge in [0.2, 0.25) is 11.8 Å². The first-order valence-electron chi connectivity index (χ1n) is 11.5. The molecular formula is C26H33F3N4O3. The minimum absolute atomic E-state index is 0.0250. The zero-order valence-electron chi connectivity index (χ0n) is 20.9. The fourth-order valence-electron chi connectivity index (χ4n) is 3.86. The first-order chi connectivity index (χ1) is 16.7. The first kappa shape index (κ1) is 28.8. The fourth-order valence-corrected chi connectivity index (χ4v) is 3.86. The van der Waals surface area contributed by atoms with Crippen LogP contribution in [0, 0.1) is 5.41 Å². The van der Waals surface area contributed by atoms with Crippen molar-refractivity contribution in [2.75, 3.05) is 13.1 Å². The minimum Gasteiger partial charge on any atom is -0.368 e. The number of primary amides is 1. The molecule has 0 saturated carbocycles. The second-order valence-corrected chi connectivity index (χ2v) is 9.55. The second kappa shape index (κ2) is 11.6. The lowest BCUT2D eigenvalue weighted by Gasteiger charge is -2.43. The monoisotopic (exact) mass is 506 g/mol. The molecule has 0 bridgehead atoms. The van der Waals surface area contributed by atoms with Gasteiger partial charge >= 0.3 is 6.18 Å². The summed E-state index contributed by atoms with van der Waals surface area (Å²) in [7, 11) is 0. The van der Waals surface area contributed by atoms with E-state index in [9.17, 15) is 27.6 Å². The van der Waals surface area contributed by atoms with Gasteiger partial charge in [-0.3, -0.25) is 14.4 Å². The Labute approximate surface area is 209 Å². The van der Waals surface area contributed by atoms with Crippen molar-refractivity contribution in [3.05, 3.63) is 70.8 Å². The largest absolute Gasteiger partial charge is 0.416 e. The van der Waals surface area contributed by atoms with Crippen LogP contribution in [-0.4, -0.2) is 36.3 Å².